The summed E-state index contributed by atoms with van der Waals surface area (Å²) in [6.07, 6.45) is 5.97. The van der Waals surface area contributed by atoms with Crippen molar-refractivity contribution in [3.05, 3.63) is 100 Å². The van der Waals surface area contributed by atoms with Gasteiger partial charge >= 0.3 is 0 Å². The summed E-state index contributed by atoms with van der Waals surface area (Å²) in [5.74, 6) is 1.09. The number of rotatable bonds is 6. The fourth-order valence-corrected chi connectivity index (χ4v) is 6.32. The first-order chi connectivity index (χ1) is 20.4. The second-order valence-corrected chi connectivity index (χ2v) is 11.6. The zero-order chi connectivity index (χ0) is 28.8. The Labute approximate surface area is 244 Å². The van der Waals surface area contributed by atoms with Crippen molar-refractivity contribution in [3.8, 4) is 22.6 Å². The number of benzene rings is 2. The van der Waals surface area contributed by atoms with Crippen LogP contribution in [0.5, 0.6) is 0 Å². The number of hydrogen-bond donors (Lipinski definition) is 3. The largest absolute Gasteiger partial charge is 0.338 e. The number of ketones is 1. The van der Waals surface area contributed by atoms with Gasteiger partial charge in [0.05, 0.1) is 33.4 Å². The number of carbonyl (C=O) groups excluding carboxylic acids is 2. The van der Waals surface area contributed by atoms with Gasteiger partial charge in [0, 0.05) is 33.8 Å². The SMILES string of the molecule is CC(=O)c1ccc(C2(C)CC=Nc3nc(-c4n[nH]c5ccc(-c6cncc(NC(=O)c7ccccc7)c6)cc45)[nH]c32)s1. The number of aromatic nitrogens is 5. The number of fused-ring (bicyclic) bond motifs is 2. The summed E-state index contributed by atoms with van der Waals surface area (Å²) in [5, 5.41) is 11.5. The number of nitrogens with zero attached hydrogens (tertiary/aromatic N) is 4. The van der Waals surface area contributed by atoms with Crippen LogP contribution in [0.2, 0.25) is 0 Å². The number of hydrogen-bond acceptors (Lipinski definition) is 7. The van der Waals surface area contributed by atoms with Gasteiger partial charge in [-0.05, 0) is 68.3 Å². The lowest BCUT2D eigenvalue weighted by Gasteiger charge is -2.28. The first-order valence-corrected chi connectivity index (χ1v) is 14.3. The van der Waals surface area contributed by atoms with E-state index in [4.69, 9.17) is 4.98 Å². The van der Waals surface area contributed by atoms with E-state index in [1.165, 1.54) is 11.3 Å². The molecule has 1 aliphatic rings. The van der Waals surface area contributed by atoms with Crippen LogP contribution in [-0.2, 0) is 5.41 Å². The average molecular weight is 572 g/mol. The first kappa shape index (κ1) is 25.7. The average Bonchev–Trinajstić information content (AvgIpc) is 3.76. The Morgan fingerprint density at radius 1 is 1.00 bits per heavy atom. The molecule has 0 saturated heterocycles. The highest BCUT2D eigenvalue weighted by molar-refractivity contribution is 7.14. The molecule has 1 unspecified atom stereocenters. The number of aromatic amines is 2. The van der Waals surface area contributed by atoms with Crippen molar-refractivity contribution >= 4 is 51.6 Å². The van der Waals surface area contributed by atoms with Crippen LogP contribution in [0.25, 0.3) is 33.5 Å². The van der Waals surface area contributed by atoms with E-state index in [1.54, 1.807) is 31.5 Å². The summed E-state index contributed by atoms with van der Waals surface area (Å²) in [5.41, 5.74) is 4.99. The number of imidazole rings is 1. The molecule has 4 aromatic heterocycles. The summed E-state index contributed by atoms with van der Waals surface area (Å²) < 4.78 is 0. The minimum Gasteiger partial charge on any atom is -0.338 e. The molecule has 42 heavy (non-hydrogen) atoms. The van der Waals surface area contributed by atoms with Crippen molar-refractivity contribution in [1.29, 1.82) is 0 Å². The number of anilines is 1. The zero-order valence-electron chi connectivity index (χ0n) is 22.8. The monoisotopic (exact) mass is 571 g/mol. The molecule has 6 aromatic rings. The zero-order valence-corrected chi connectivity index (χ0v) is 23.6. The maximum absolute atomic E-state index is 12.7. The van der Waals surface area contributed by atoms with E-state index in [-0.39, 0.29) is 11.7 Å². The van der Waals surface area contributed by atoms with Crippen molar-refractivity contribution in [2.75, 3.05) is 5.32 Å². The van der Waals surface area contributed by atoms with Crippen molar-refractivity contribution < 1.29 is 9.59 Å². The molecule has 5 heterocycles. The smallest absolute Gasteiger partial charge is 0.255 e. The fourth-order valence-electron chi connectivity index (χ4n) is 5.25. The number of nitrogens with one attached hydrogen (secondary N) is 3. The molecule has 10 heteroatoms. The maximum atomic E-state index is 12.7. The lowest BCUT2D eigenvalue weighted by Crippen LogP contribution is -2.25. The Bertz CT molecular complexity index is 2020. The number of carbonyl (C=O) groups is 2. The normalized spacial score (nSPS) is 16.0. The van der Waals surface area contributed by atoms with Crippen LogP contribution in [-0.4, -0.2) is 43.1 Å². The summed E-state index contributed by atoms with van der Waals surface area (Å²) in [7, 11) is 0. The van der Waals surface area contributed by atoms with Gasteiger partial charge in [-0.15, -0.1) is 11.3 Å². The molecule has 206 valence electrons. The standard InChI is InChI=1S/C32H25N7O2S/c1-18(40)25-10-11-26(42-25)32(2)12-13-34-30-28(32)36-29(37-30)27-23-15-20(8-9-24(23)38-39-27)21-14-22(17-33-16-21)35-31(41)19-6-4-3-5-7-19/h3-11,13-17H,12H2,1-2H3,(H,35,41)(H,36,37)(H,38,39). The third-order valence-electron chi connectivity index (χ3n) is 7.60. The van der Waals surface area contributed by atoms with E-state index < -0.39 is 5.41 Å². The number of pyridine rings is 1. The van der Waals surface area contributed by atoms with Crippen molar-refractivity contribution in [2.24, 2.45) is 4.99 Å². The van der Waals surface area contributed by atoms with Gasteiger partial charge in [0.1, 0.15) is 5.69 Å². The molecule has 0 bridgehead atoms. The minimum absolute atomic E-state index is 0.0583. The summed E-state index contributed by atoms with van der Waals surface area (Å²) in [6.45, 7) is 3.73. The lowest BCUT2D eigenvalue weighted by atomic mass is 9.81. The fraction of sp³-hybridized carbons (Fsp3) is 0.125. The molecule has 1 amide bonds. The highest BCUT2D eigenvalue weighted by Gasteiger charge is 2.37. The van der Waals surface area contributed by atoms with E-state index in [0.717, 1.165) is 37.5 Å². The topological polar surface area (TPSA) is 129 Å². The predicted molar refractivity (Wildman–Crippen MR) is 165 cm³/mol. The van der Waals surface area contributed by atoms with Gasteiger partial charge in [-0.3, -0.25) is 19.7 Å². The van der Waals surface area contributed by atoms with Crippen LogP contribution in [0.3, 0.4) is 0 Å². The van der Waals surface area contributed by atoms with Gasteiger partial charge in [-0.1, -0.05) is 24.3 Å². The van der Waals surface area contributed by atoms with Crippen LogP contribution >= 0.6 is 11.3 Å². The van der Waals surface area contributed by atoms with E-state index in [1.807, 2.05) is 60.8 Å². The van der Waals surface area contributed by atoms with Gasteiger partial charge in [-0.25, -0.2) is 9.98 Å². The highest BCUT2D eigenvalue weighted by Crippen LogP contribution is 2.45. The van der Waals surface area contributed by atoms with Crippen molar-refractivity contribution in [2.45, 2.75) is 25.7 Å². The van der Waals surface area contributed by atoms with Gasteiger partial charge < -0.3 is 10.3 Å². The molecule has 2 aromatic carbocycles. The summed E-state index contributed by atoms with van der Waals surface area (Å²) in [4.78, 5) is 43.7. The Balaban J connectivity index is 1.23. The Morgan fingerprint density at radius 2 is 1.86 bits per heavy atom. The lowest BCUT2D eigenvalue weighted by molar-refractivity contribution is 0.101. The molecule has 1 atom stereocenters. The molecule has 9 nitrogen and oxygen atoms in total. The van der Waals surface area contributed by atoms with Crippen molar-refractivity contribution in [3.63, 3.8) is 0 Å². The Kier molecular flexibility index (Phi) is 6.13. The summed E-state index contributed by atoms with van der Waals surface area (Å²) >= 11 is 1.51. The quantitative estimate of drug-likeness (QED) is 0.187. The molecule has 3 N–H and O–H groups in total. The maximum Gasteiger partial charge on any atom is 0.255 e. The predicted octanol–water partition coefficient (Wildman–Crippen LogP) is 6.94. The molecule has 0 spiro atoms. The number of aliphatic imine (C=N–C) groups is 1. The third kappa shape index (κ3) is 4.42. The summed E-state index contributed by atoms with van der Waals surface area (Å²) in [6, 6.07) is 20.9. The molecule has 1 aliphatic heterocycles. The van der Waals surface area contributed by atoms with E-state index in [2.05, 4.69) is 37.4 Å². The Morgan fingerprint density at radius 3 is 2.67 bits per heavy atom. The van der Waals surface area contributed by atoms with E-state index in [9.17, 15) is 9.59 Å². The Hall–Kier alpha value is -5.22. The van der Waals surface area contributed by atoms with Gasteiger partial charge in [0.15, 0.2) is 17.4 Å². The van der Waals surface area contributed by atoms with Crippen LogP contribution < -0.4 is 5.32 Å². The van der Waals surface area contributed by atoms with Crippen LogP contribution in [0.4, 0.5) is 11.5 Å². The molecular weight excluding hydrogens is 546 g/mol. The number of Topliss-reactive ketones (excluding diaryl/α,β-unsaturated/α-hetero) is 1. The van der Waals surface area contributed by atoms with E-state index >= 15 is 0 Å². The molecule has 0 fully saturated rings. The molecule has 0 radical (unpaired) electrons. The molecular formula is C32H25N7O2S. The van der Waals surface area contributed by atoms with Crippen LogP contribution in [0.15, 0.2) is 84.1 Å². The third-order valence-corrected chi connectivity index (χ3v) is 9.05. The second kappa shape index (κ2) is 10.0. The van der Waals surface area contributed by atoms with Crippen LogP contribution in [0, 0.1) is 0 Å². The first-order valence-electron chi connectivity index (χ1n) is 13.4. The number of amides is 1. The highest BCUT2D eigenvalue weighted by atomic mass is 32.1. The second-order valence-electron chi connectivity index (χ2n) is 10.5. The number of thiophene rings is 1. The molecule has 0 saturated carbocycles. The van der Waals surface area contributed by atoms with Crippen molar-refractivity contribution in [1.82, 2.24) is 25.1 Å². The molecule has 0 aliphatic carbocycles. The van der Waals surface area contributed by atoms with Gasteiger partial charge in [0.2, 0.25) is 0 Å². The molecule has 7 rings (SSSR count). The van der Waals surface area contributed by atoms with Crippen LogP contribution in [0.1, 0.15) is 50.9 Å². The van der Waals surface area contributed by atoms with Gasteiger partial charge in [-0.2, -0.15) is 5.10 Å². The number of H-pyrrole nitrogens is 2. The van der Waals surface area contributed by atoms with Gasteiger partial charge in [0.25, 0.3) is 5.91 Å². The minimum atomic E-state index is -0.395. The van der Waals surface area contributed by atoms with E-state index in [0.29, 0.717) is 35.0 Å².